The van der Waals surface area contributed by atoms with Gasteiger partial charge in [0.05, 0.1) is 17.0 Å². The molecular weight excluding hydrogens is 324 g/mol. The Hall–Kier alpha value is -1.98. The molecule has 118 valence electrons. The Bertz CT molecular complexity index is 806. The number of nitrogens with one attached hydrogen (secondary N) is 1. The van der Waals surface area contributed by atoms with E-state index in [2.05, 4.69) is 42.3 Å². The van der Waals surface area contributed by atoms with Crippen molar-refractivity contribution in [2.45, 2.75) is 26.8 Å². The fourth-order valence-corrected chi connectivity index (χ4v) is 4.00. The predicted octanol–water partition coefficient (Wildman–Crippen LogP) is 4.35. The van der Waals surface area contributed by atoms with Crippen molar-refractivity contribution >= 4 is 28.6 Å². The Kier molecular flexibility index (Phi) is 4.88. The molecule has 0 spiro atoms. The molecule has 0 atom stereocenters. The molecule has 0 aliphatic heterocycles. The molecule has 0 aliphatic carbocycles. The van der Waals surface area contributed by atoms with E-state index in [0.29, 0.717) is 13.0 Å². The van der Waals surface area contributed by atoms with Crippen molar-refractivity contribution in [3.8, 4) is 9.88 Å². The molecule has 1 N–H and O–H groups in total. The van der Waals surface area contributed by atoms with Gasteiger partial charge in [0.15, 0.2) is 0 Å². The van der Waals surface area contributed by atoms with Crippen LogP contribution in [0.1, 0.15) is 22.4 Å². The summed E-state index contributed by atoms with van der Waals surface area (Å²) in [5.41, 5.74) is 4.43. The van der Waals surface area contributed by atoms with Gasteiger partial charge in [-0.15, -0.1) is 22.7 Å². The van der Waals surface area contributed by atoms with Crippen LogP contribution in [0, 0.1) is 13.8 Å². The minimum absolute atomic E-state index is 0.00741. The van der Waals surface area contributed by atoms with Crippen molar-refractivity contribution in [3.05, 3.63) is 63.5 Å². The van der Waals surface area contributed by atoms with E-state index in [4.69, 9.17) is 0 Å². The first-order valence-corrected chi connectivity index (χ1v) is 9.19. The molecular formula is C18H18N2OS2. The van der Waals surface area contributed by atoms with Gasteiger partial charge in [-0.3, -0.25) is 4.79 Å². The highest BCUT2D eigenvalue weighted by molar-refractivity contribution is 7.20. The van der Waals surface area contributed by atoms with Gasteiger partial charge in [0, 0.05) is 11.9 Å². The normalized spacial score (nSPS) is 10.7. The number of thiazole rings is 1. The number of hydrogen-bond acceptors (Lipinski definition) is 4. The molecule has 3 rings (SSSR count). The first-order chi connectivity index (χ1) is 11.1. The van der Waals surface area contributed by atoms with Crippen LogP contribution in [0.3, 0.4) is 0 Å². The Morgan fingerprint density at radius 1 is 1.22 bits per heavy atom. The number of rotatable bonds is 5. The SMILES string of the molecule is Cc1ccc(CNC(=O)Cc2csc(-c3cccs3)n2)c(C)c1. The Morgan fingerprint density at radius 2 is 2.09 bits per heavy atom. The topological polar surface area (TPSA) is 42.0 Å². The summed E-state index contributed by atoms with van der Waals surface area (Å²) in [6.45, 7) is 4.71. The lowest BCUT2D eigenvalue weighted by Crippen LogP contribution is -2.25. The number of nitrogens with zero attached hydrogens (tertiary/aromatic N) is 1. The van der Waals surface area contributed by atoms with Crippen LogP contribution in [0.4, 0.5) is 0 Å². The van der Waals surface area contributed by atoms with Gasteiger partial charge in [0.2, 0.25) is 5.91 Å². The molecule has 2 heterocycles. The van der Waals surface area contributed by atoms with Crippen molar-refractivity contribution in [2.75, 3.05) is 0 Å². The van der Waals surface area contributed by atoms with E-state index in [1.165, 1.54) is 11.1 Å². The lowest BCUT2D eigenvalue weighted by atomic mass is 10.1. The van der Waals surface area contributed by atoms with Crippen LogP contribution in [0.5, 0.6) is 0 Å². The maximum absolute atomic E-state index is 12.1. The quantitative estimate of drug-likeness (QED) is 0.749. The van der Waals surface area contributed by atoms with Crippen LogP contribution < -0.4 is 5.32 Å². The maximum Gasteiger partial charge on any atom is 0.226 e. The van der Waals surface area contributed by atoms with E-state index in [9.17, 15) is 4.79 Å². The number of aromatic nitrogens is 1. The molecule has 0 aliphatic rings. The lowest BCUT2D eigenvalue weighted by Gasteiger charge is -2.08. The number of carbonyl (C=O) groups is 1. The van der Waals surface area contributed by atoms with E-state index in [-0.39, 0.29) is 5.91 Å². The average Bonchev–Trinajstić information content (AvgIpc) is 3.17. The molecule has 0 radical (unpaired) electrons. The molecule has 23 heavy (non-hydrogen) atoms. The number of hydrogen-bond donors (Lipinski definition) is 1. The molecule has 0 fully saturated rings. The summed E-state index contributed by atoms with van der Waals surface area (Å²) in [7, 11) is 0. The molecule has 3 nitrogen and oxygen atoms in total. The van der Waals surface area contributed by atoms with Gasteiger partial charge in [0.1, 0.15) is 5.01 Å². The Morgan fingerprint density at radius 3 is 2.83 bits per heavy atom. The Labute approximate surface area is 144 Å². The summed E-state index contributed by atoms with van der Waals surface area (Å²) in [4.78, 5) is 17.8. The van der Waals surface area contributed by atoms with E-state index in [1.54, 1.807) is 22.7 Å². The van der Waals surface area contributed by atoms with Crippen molar-refractivity contribution < 1.29 is 4.79 Å². The van der Waals surface area contributed by atoms with Crippen LogP contribution >= 0.6 is 22.7 Å². The van der Waals surface area contributed by atoms with Gasteiger partial charge < -0.3 is 5.32 Å². The van der Waals surface area contributed by atoms with Crippen molar-refractivity contribution in [1.29, 1.82) is 0 Å². The molecule has 0 saturated carbocycles. The number of benzene rings is 1. The number of carbonyl (C=O) groups excluding carboxylic acids is 1. The fraction of sp³-hybridized carbons (Fsp3) is 0.222. The highest BCUT2D eigenvalue weighted by atomic mass is 32.1. The summed E-state index contributed by atoms with van der Waals surface area (Å²) in [6.07, 6.45) is 0.326. The van der Waals surface area contributed by atoms with Gasteiger partial charge in [-0.2, -0.15) is 0 Å². The molecule has 1 aromatic carbocycles. The van der Waals surface area contributed by atoms with Crippen molar-refractivity contribution in [1.82, 2.24) is 10.3 Å². The van der Waals surface area contributed by atoms with Crippen LogP contribution in [-0.2, 0) is 17.8 Å². The first kappa shape index (κ1) is 15.9. The second kappa shape index (κ2) is 7.06. The van der Waals surface area contributed by atoms with Crippen LogP contribution in [0.2, 0.25) is 0 Å². The summed E-state index contributed by atoms with van der Waals surface area (Å²) in [6, 6.07) is 10.3. The third-order valence-electron chi connectivity index (χ3n) is 3.60. The summed E-state index contributed by atoms with van der Waals surface area (Å²) >= 11 is 3.25. The fourth-order valence-electron chi connectivity index (χ4n) is 2.37. The number of thiophene rings is 1. The highest BCUT2D eigenvalue weighted by Gasteiger charge is 2.10. The van der Waals surface area contributed by atoms with Gasteiger partial charge >= 0.3 is 0 Å². The highest BCUT2D eigenvalue weighted by Crippen LogP contribution is 2.27. The van der Waals surface area contributed by atoms with Crippen LogP contribution in [0.15, 0.2) is 41.1 Å². The molecule has 0 bridgehead atoms. The van der Waals surface area contributed by atoms with E-state index < -0.39 is 0 Å². The minimum atomic E-state index is 0.00741. The third kappa shape index (κ3) is 4.06. The molecule has 3 aromatic rings. The zero-order valence-corrected chi connectivity index (χ0v) is 14.8. The van der Waals surface area contributed by atoms with Crippen molar-refractivity contribution in [3.63, 3.8) is 0 Å². The second-order valence-corrected chi connectivity index (χ2v) is 7.31. The van der Waals surface area contributed by atoms with E-state index in [0.717, 1.165) is 21.1 Å². The van der Waals surface area contributed by atoms with Crippen LogP contribution in [-0.4, -0.2) is 10.9 Å². The zero-order chi connectivity index (χ0) is 16.2. The second-order valence-electron chi connectivity index (χ2n) is 5.50. The zero-order valence-electron chi connectivity index (χ0n) is 13.1. The molecule has 2 aromatic heterocycles. The Balaban J connectivity index is 1.57. The number of amides is 1. The third-order valence-corrected chi connectivity index (χ3v) is 5.53. The predicted molar refractivity (Wildman–Crippen MR) is 96.9 cm³/mol. The van der Waals surface area contributed by atoms with Crippen LogP contribution in [0.25, 0.3) is 9.88 Å². The largest absolute Gasteiger partial charge is 0.352 e. The lowest BCUT2D eigenvalue weighted by molar-refractivity contribution is -0.120. The van der Waals surface area contributed by atoms with Crippen molar-refractivity contribution in [2.24, 2.45) is 0 Å². The molecule has 1 amide bonds. The van der Waals surface area contributed by atoms with Gasteiger partial charge in [-0.25, -0.2) is 4.98 Å². The first-order valence-electron chi connectivity index (χ1n) is 7.43. The van der Waals surface area contributed by atoms with Gasteiger partial charge in [-0.05, 0) is 36.4 Å². The van der Waals surface area contributed by atoms with E-state index >= 15 is 0 Å². The average molecular weight is 342 g/mol. The smallest absolute Gasteiger partial charge is 0.226 e. The van der Waals surface area contributed by atoms with Gasteiger partial charge in [0.25, 0.3) is 0 Å². The summed E-state index contributed by atoms with van der Waals surface area (Å²) in [5, 5.41) is 7.96. The van der Waals surface area contributed by atoms with Gasteiger partial charge in [-0.1, -0.05) is 29.8 Å². The maximum atomic E-state index is 12.1. The minimum Gasteiger partial charge on any atom is -0.352 e. The monoisotopic (exact) mass is 342 g/mol. The molecule has 0 unspecified atom stereocenters. The molecule has 5 heteroatoms. The van der Waals surface area contributed by atoms with E-state index in [1.807, 2.05) is 22.9 Å². The summed E-state index contributed by atoms with van der Waals surface area (Å²) in [5.74, 6) is 0.00741. The standard InChI is InChI=1S/C18H18N2OS2/c1-12-5-6-14(13(2)8-12)10-19-17(21)9-15-11-23-18(20-15)16-4-3-7-22-16/h3-8,11H,9-10H2,1-2H3,(H,19,21). The molecule has 0 saturated heterocycles. The summed E-state index contributed by atoms with van der Waals surface area (Å²) < 4.78 is 0. The number of aryl methyl sites for hydroxylation is 2.